The minimum atomic E-state index is -0.940. The van der Waals surface area contributed by atoms with Crippen molar-refractivity contribution in [1.82, 2.24) is 4.90 Å². The molecule has 0 saturated carbocycles. The zero-order chi connectivity index (χ0) is 22.9. The molecule has 0 unspecified atom stereocenters. The van der Waals surface area contributed by atoms with Crippen LogP contribution in [0.25, 0.3) is 0 Å². The molecule has 32 heavy (non-hydrogen) atoms. The van der Waals surface area contributed by atoms with E-state index in [1.54, 1.807) is 24.3 Å². The number of aromatic carboxylic acids is 1. The molecular weight excluding hydrogens is 402 g/mol. The summed E-state index contributed by atoms with van der Waals surface area (Å²) in [5.41, 5.74) is 2.59. The quantitative estimate of drug-likeness (QED) is 0.510. The Balaban J connectivity index is 1.47. The highest BCUT2D eigenvalue weighted by atomic mass is 16.4. The number of amides is 1. The van der Waals surface area contributed by atoms with E-state index < -0.39 is 12.1 Å². The fourth-order valence-electron chi connectivity index (χ4n) is 4.19. The lowest BCUT2D eigenvalue weighted by atomic mass is 9.95. The average Bonchev–Trinajstić information content (AvgIpc) is 3.16. The summed E-state index contributed by atoms with van der Waals surface area (Å²) in [5.74, 6) is -0.648. The Kier molecular flexibility index (Phi) is 8.63. The second kappa shape index (κ2) is 11.6. The number of carboxylic acids is 1. The Morgan fingerprint density at radius 1 is 1.09 bits per heavy atom. The third-order valence-electron chi connectivity index (χ3n) is 6.30. The lowest BCUT2D eigenvalue weighted by molar-refractivity contribution is -0.128. The Labute approximate surface area is 190 Å². The molecule has 1 saturated heterocycles. The van der Waals surface area contributed by atoms with Crippen LogP contribution in [0.1, 0.15) is 54.1 Å². The van der Waals surface area contributed by atoms with Gasteiger partial charge in [0.2, 0.25) is 5.91 Å². The van der Waals surface area contributed by atoms with Crippen molar-refractivity contribution in [3.05, 3.63) is 83.4 Å². The summed E-state index contributed by atoms with van der Waals surface area (Å²) in [6, 6.07) is 17.2. The molecule has 3 atom stereocenters. The number of aliphatic hydroxyl groups is 1. The van der Waals surface area contributed by atoms with Gasteiger partial charge in [0.25, 0.3) is 0 Å². The Morgan fingerprint density at radius 3 is 2.47 bits per heavy atom. The van der Waals surface area contributed by atoms with E-state index in [1.165, 1.54) is 5.56 Å². The first-order valence-corrected chi connectivity index (χ1v) is 11.5. The van der Waals surface area contributed by atoms with Gasteiger partial charge >= 0.3 is 5.97 Å². The summed E-state index contributed by atoms with van der Waals surface area (Å²) in [7, 11) is 0. The number of likely N-dealkylation sites (tertiary alicyclic amines) is 1. The van der Waals surface area contributed by atoms with E-state index in [0.717, 1.165) is 31.2 Å². The predicted molar refractivity (Wildman–Crippen MR) is 126 cm³/mol. The normalized spacial score (nSPS) is 18.2. The summed E-state index contributed by atoms with van der Waals surface area (Å²) < 4.78 is 0. The Morgan fingerprint density at radius 2 is 1.78 bits per heavy atom. The number of rotatable bonds is 11. The topological polar surface area (TPSA) is 77.8 Å². The van der Waals surface area contributed by atoms with Crippen LogP contribution < -0.4 is 0 Å². The third kappa shape index (κ3) is 6.79. The van der Waals surface area contributed by atoms with Crippen molar-refractivity contribution in [2.75, 3.05) is 6.54 Å². The average molecular weight is 436 g/mol. The maximum absolute atomic E-state index is 12.4. The summed E-state index contributed by atoms with van der Waals surface area (Å²) in [5, 5.41) is 19.6. The maximum atomic E-state index is 12.4. The molecule has 1 fully saturated rings. The Bertz CT molecular complexity index is 907. The first-order chi connectivity index (χ1) is 15.4. The minimum Gasteiger partial charge on any atom is -0.478 e. The number of aliphatic hydroxyl groups excluding tert-OH is 1. The van der Waals surface area contributed by atoms with Gasteiger partial charge in [-0.25, -0.2) is 4.79 Å². The Hall–Kier alpha value is -2.92. The first-order valence-electron chi connectivity index (χ1n) is 11.5. The number of nitrogens with zero attached hydrogens (tertiary/aromatic N) is 1. The first kappa shape index (κ1) is 23.7. The van der Waals surface area contributed by atoms with Crippen LogP contribution >= 0.6 is 0 Å². The van der Waals surface area contributed by atoms with Crippen LogP contribution in [0.2, 0.25) is 0 Å². The highest BCUT2D eigenvalue weighted by molar-refractivity contribution is 5.87. The number of carboxylic acid groups (broad SMARTS) is 1. The molecule has 5 nitrogen and oxygen atoms in total. The number of benzene rings is 2. The molecule has 1 aliphatic rings. The maximum Gasteiger partial charge on any atom is 0.335 e. The monoisotopic (exact) mass is 435 g/mol. The van der Waals surface area contributed by atoms with E-state index in [-0.39, 0.29) is 23.4 Å². The highest BCUT2D eigenvalue weighted by Gasteiger charge is 2.29. The molecule has 5 heteroatoms. The van der Waals surface area contributed by atoms with Gasteiger partial charge in [0.15, 0.2) is 0 Å². The van der Waals surface area contributed by atoms with Gasteiger partial charge in [0.1, 0.15) is 0 Å². The molecule has 2 N–H and O–H groups in total. The summed E-state index contributed by atoms with van der Waals surface area (Å²) in [4.78, 5) is 25.2. The molecule has 0 aliphatic carbocycles. The van der Waals surface area contributed by atoms with Crippen molar-refractivity contribution < 1.29 is 19.8 Å². The molecule has 2 aromatic carbocycles. The molecule has 3 rings (SSSR count). The fraction of sp³-hybridized carbons (Fsp3) is 0.407. The second-order valence-electron chi connectivity index (χ2n) is 8.68. The zero-order valence-electron chi connectivity index (χ0n) is 18.7. The number of hydrogen-bond donors (Lipinski definition) is 2. The number of aryl methyl sites for hydroxylation is 1. The molecule has 1 aliphatic heterocycles. The van der Waals surface area contributed by atoms with E-state index in [2.05, 4.69) is 31.2 Å². The molecule has 0 spiro atoms. The van der Waals surface area contributed by atoms with Gasteiger partial charge in [-0.15, -0.1) is 0 Å². The van der Waals surface area contributed by atoms with Crippen molar-refractivity contribution in [1.29, 1.82) is 0 Å². The molecular formula is C27H33NO4. The van der Waals surface area contributed by atoms with Crippen molar-refractivity contribution in [2.45, 2.75) is 57.6 Å². The van der Waals surface area contributed by atoms with E-state index >= 15 is 0 Å². The predicted octanol–water partition coefficient (Wildman–Crippen LogP) is 4.49. The molecule has 1 amide bonds. The lowest BCUT2D eigenvalue weighted by Gasteiger charge is -2.23. The van der Waals surface area contributed by atoms with Crippen LogP contribution in [-0.4, -0.2) is 45.7 Å². The largest absolute Gasteiger partial charge is 0.478 e. The number of hydrogen-bond acceptors (Lipinski definition) is 3. The van der Waals surface area contributed by atoms with Gasteiger partial charge in [-0.3, -0.25) is 4.79 Å². The molecule has 170 valence electrons. The smallest absolute Gasteiger partial charge is 0.335 e. The van der Waals surface area contributed by atoms with Crippen LogP contribution in [-0.2, 0) is 17.6 Å². The zero-order valence-corrected chi connectivity index (χ0v) is 18.7. The fourth-order valence-corrected chi connectivity index (χ4v) is 4.19. The third-order valence-corrected chi connectivity index (χ3v) is 6.30. The minimum absolute atomic E-state index is 0.00645. The van der Waals surface area contributed by atoms with Gasteiger partial charge in [0.05, 0.1) is 17.7 Å². The van der Waals surface area contributed by atoms with E-state index in [9.17, 15) is 14.7 Å². The SMILES string of the molecule is C[C@@H](CCCc1ccccc1)[C@H](O)C=C[C@H]1CCC(=O)N1CCc1ccc(C(=O)O)cc1. The lowest BCUT2D eigenvalue weighted by Crippen LogP contribution is -2.34. The van der Waals surface area contributed by atoms with Gasteiger partial charge in [0, 0.05) is 13.0 Å². The van der Waals surface area contributed by atoms with Gasteiger partial charge in [-0.05, 0) is 61.3 Å². The number of carbonyl (C=O) groups excluding carboxylic acids is 1. The highest BCUT2D eigenvalue weighted by Crippen LogP contribution is 2.22. The van der Waals surface area contributed by atoms with Crippen LogP contribution in [0, 0.1) is 5.92 Å². The summed E-state index contributed by atoms with van der Waals surface area (Å²) in [6.07, 6.45) is 8.27. The van der Waals surface area contributed by atoms with Crippen LogP contribution in [0.3, 0.4) is 0 Å². The van der Waals surface area contributed by atoms with Crippen LogP contribution in [0.4, 0.5) is 0 Å². The standard InChI is InChI=1S/C27H33NO4/c1-20(6-5-9-21-7-3-2-4-8-21)25(29)16-14-24-15-17-26(30)28(24)19-18-22-10-12-23(13-11-22)27(31)32/h2-4,7-8,10-14,16,20,24-25,29H,5-6,9,15,17-19H2,1H3,(H,31,32)/t20-,24-,25+/m0/s1. The van der Waals surface area contributed by atoms with Crippen molar-refractivity contribution in [2.24, 2.45) is 5.92 Å². The van der Waals surface area contributed by atoms with Crippen molar-refractivity contribution >= 4 is 11.9 Å². The van der Waals surface area contributed by atoms with E-state index in [4.69, 9.17) is 5.11 Å². The van der Waals surface area contributed by atoms with Gasteiger partial charge in [-0.2, -0.15) is 0 Å². The summed E-state index contributed by atoms with van der Waals surface area (Å²) in [6.45, 7) is 2.65. The molecule has 0 bridgehead atoms. The van der Waals surface area contributed by atoms with Crippen molar-refractivity contribution in [3.63, 3.8) is 0 Å². The van der Waals surface area contributed by atoms with Crippen LogP contribution in [0.5, 0.6) is 0 Å². The molecule has 0 radical (unpaired) electrons. The van der Waals surface area contributed by atoms with E-state index in [0.29, 0.717) is 19.4 Å². The number of carbonyl (C=O) groups is 2. The van der Waals surface area contributed by atoms with E-state index in [1.807, 2.05) is 23.1 Å². The molecule has 0 aromatic heterocycles. The summed E-state index contributed by atoms with van der Waals surface area (Å²) >= 11 is 0. The molecule has 1 heterocycles. The van der Waals surface area contributed by atoms with Crippen LogP contribution in [0.15, 0.2) is 66.7 Å². The van der Waals surface area contributed by atoms with Gasteiger partial charge < -0.3 is 15.1 Å². The van der Waals surface area contributed by atoms with Crippen molar-refractivity contribution in [3.8, 4) is 0 Å². The second-order valence-corrected chi connectivity index (χ2v) is 8.68. The molecule has 2 aromatic rings. The van der Waals surface area contributed by atoms with Gasteiger partial charge in [-0.1, -0.05) is 61.5 Å².